The molecule has 1 aliphatic carbocycles. The Morgan fingerprint density at radius 2 is 1.64 bits per heavy atom. The quantitative estimate of drug-likeness (QED) is 0.698. The molecular formula is C12H12O2. The Hall–Kier alpha value is -1.38. The summed E-state index contributed by atoms with van der Waals surface area (Å²) in [5, 5.41) is 18.7. The fourth-order valence-corrected chi connectivity index (χ4v) is 1.48. The van der Waals surface area contributed by atoms with Crippen molar-refractivity contribution in [3.8, 4) is 0 Å². The summed E-state index contributed by atoms with van der Waals surface area (Å²) in [6.07, 6.45) is 3.53. The molecule has 0 heterocycles. The molecule has 0 unspecified atom stereocenters. The van der Waals surface area contributed by atoms with Crippen LogP contribution in [0.15, 0.2) is 48.6 Å². The zero-order valence-electron chi connectivity index (χ0n) is 7.67. The van der Waals surface area contributed by atoms with Gasteiger partial charge in [0.25, 0.3) is 0 Å². The number of benzene rings is 1. The van der Waals surface area contributed by atoms with Crippen LogP contribution in [-0.2, 0) is 0 Å². The number of allylic oxidation sites excluding steroid dienone is 2. The lowest BCUT2D eigenvalue weighted by atomic mass is 9.97. The Kier molecular flexibility index (Phi) is 2.48. The van der Waals surface area contributed by atoms with E-state index in [1.54, 1.807) is 12.2 Å². The third kappa shape index (κ3) is 1.76. The van der Waals surface area contributed by atoms with Gasteiger partial charge in [-0.25, -0.2) is 0 Å². The van der Waals surface area contributed by atoms with E-state index in [4.69, 9.17) is 0 Å². The van der Waals surface area contributed by atoms with Gasteiger partial charge in [0.05, 0.1) is 0 Å². The lowest BCUT2D eigenvalue weighted by Gasteiger charge is -2.17. The van der Waals surface area contributed by atoms with E-state index in [1.807, 2.05) is 36.4 Å². The highest BCUT2D eigenvalue weighted by molar-refractivity contribution is 5.75. The molecule has 0 radical (unpaired) electrons. The van der Waals surface area contributed by atoms with Crippen molar-refractivity contribution < 1.29 is 10.2 Å². The average Bonchev–Trinajstić information content (AvgIpc) is 2.23. The van der Waals surface area contributed by atoms with Crippen LogP contribution in [0.3, 0.4) is 0 Å². The zero-order valence-corrected chi connectivity index (χ0v) is 7.67. The summed E-state index contributed by atoms with van der Waals surface area (Å²) in [7, 11) is 0. The van der Waals surface area contributed by atoms with Crippen LogP contribution < -0.4 is 0 Å². The van der Waals surface area contributed by atoms with Gasteiger partial charge in [0, 0.05) is 0 Å². The molecule has 2 heteroatoms. The Labute approximate surface area is 82.8 Å². The van der Waals surface area contributed by atoms with Gasteiger partial charge in [-0.2, -0.15) is 0 Å². The highest BCUT2D eigenvalue weighted by Crippen LogP contribution is 2.21. The number of rotatable bonds is 1. The molecule has 2 rings (SSSR count). The second kappa shape index (κ2) is 3.78. The molecule has 0 fully saturated rings. The average molecular weight is 188 g/mol. The topological polar surface area (TPSA) is 40.5 Å². The van der Waals surface area contributed by atoms with Crippen LogP contribution in [0.2, 0.25) is 0 Å². The van der Waals surface area contributed by atoms with Crippen LogP contribution in [0.5, 0.6) is 0 Å². The number of hydrogen-bond acceptors (Lipinski definition) is 2. The molecule has 2 atom stereocenters. The standard InChI is InChI=1S/C12H12O2/c13-11-7-6-10(8-12(11)14)9-4-2-1-3-5-9/h1-8,11-14H/t11-,12+/m0/s1. The molecule has 0 bridgehead atoms. The summed E-state index contributed by atoms with van der Waals surface area (Å²) in [5.41, 5.74) is 2.00. The predicted octanol–water partition coefficient (Wildman–Crippen LogP) is 1.36. The van der Waals surface area contributed by atoms with Gasteiger partial charge in [0.1, 0.15) is 12.2 Å². The Morgan fingerprint density at radius 3 is 2.29 bits per heavy atom. The molecule has 0 aromatic heterocycles. The predicted molar refractivity (Wildman–Crippen MR) is 55.6 cm³/mol. The first-order chi connectivity index (χ1) is 6.77. The number of aliphatic hydroxyl groups is 2. The van der Waals surface area contributed by atoms with Gasteiger partial charge in [-0.05, 0) is 17.2 Å². The molecule has 1 aliphatic rings. The maximum Gasteiger partial charge on any atom is 0.102 e. The van der Waals surface area contributed by atoms with Crippen molar-refractivity contribution in [3.05, 3.63) is 54.1 Å². The second-order valence-electron chi connectivity index (χ2n) is 3.33. The summed E-state index contributed by atoms with van der Waals surface area (Å²) in [6.45, 7) is 0. The van der Waals surface area contributed by atoms with Crippen molar-refractivity contribution >= 4 is 5.57 Å². The van der Waals surface area contributed by atoms with E-state index >= 15 is 0 Å². The van der Waals surface area contributed by atoms with E-state index in [0.717, 1.165) is 11.1 Å². The minimum absolute atomic E-state index is 0.775. The van der Waals surface area contributed by atoms with Gasteiger partial charge >= 0.3 is 0 Å². The summed E-state index contributed by atoms with van der Waals surface area (Å²) in [4.78, 5) is 0. The molecule has 1 aromatic rings. The monoisotopic (exact) mass is 188 g/mol. The van der Waals surface area contributed by atoms with Crippen LogP contribution in [-0.4, -0.2) is 22.4 Å². The van der Waals surface area contributed by atoms with Crippen molar-refractivity contribution in [3.63, 3.8) is 0 Å². The largest absolute Gasteiger partial charge is 0.386 e. The molecular weight excluding hydrogens is 176 g/mol. The van der Waals surface area contributed by atoms with E-state index in [9.17, 15) is 10.2 Å². The lowest BCUT2D eigenvalue weighted by Crippen LogP contribution is -2.23. The summed E-state index contributed by atoms with van der Waals surface area (Å²) < 4.78 is 0. The third-order valence-corrected chi connectivity index (χ3v) is 2.28. The molecule has 14 heavy (non-hydrogen) atoms. The van der Waals surface area contributed by atoms with Crippen LogP contribution in [0.4, 0.5) is 0 Å². The minimum Gasteiger partial charge on any atom is -0.386 e. The van der Waals surface area contributed by atoms with Crippen molar-refractivity contribution in [1.29, 1.82) is 0 Å². The van der Waals surface area contributed by atoms with Gasteiger partial charge in [0.15, 0.2) is 0 Å². The summed E-state index contributed by atoms with van der Waals surface area (Å²) >= 11 is 0. The van der Waals surface area contributed by atoms with Gasteiger partial charge < -0.3 is 10.2 Å². The molecule has 2 N–H and O–H groups in total. The Bertz CT molecular complexity index is 365. The smallest absolute Gasteiger partial charge is 0.102 e. The SMILES string of the molecule is O[C@@H]1C=C(c2ccccc2)C=C[C@@H]1O. The molecule has 2 nitrogen and oxygen atoms in total. The van der Waals surface area contributed by atoms with Crippen LogP contribution in [0.25, 0.3) is 5.57 Å². The fraction of sp³-hybridized carbons (Fsp3) is 0.167. The third-order valence-electron chi connectivity index (χ3n) is 2.28. The van der Waals surface area contributed by atoms with E-state index in [2.05, 4.69) is 0 Å². The van der Waals surface area contributed by atoms with Crippen molar-refractivity contribution in [2.45, 2.75) is 12.2 Å². The number of aliphatic hydroxyl groups excluding tert-OH is 2. The van der Waals surface area contributed by atoms with E-state index < -0.39 is 12.2 Å². The number of hydrogen-bond donors (Lipinski definition) is 2. The summed E-state index contributed by atoms with van der Waals surface area (Å²) in [5.74, 6) is 0. The molecule has 0 amide bonds. The molecule has 0 saturated heterocycles. The minimum atomic E-state index is -0.796. The van der Waals surface area contributed by atoms with Crippen molar-refractivity contribution in [1.82, 2.24) is 0 Å². The van der Waals surface area contributed by atoms with Gasteiger partial charge in [-0.1, -0.05) is 42.5 Å². The summed E-state index contributed by atoms with van der Waals surface area (Å²) in [6, 6.07) is 9.78. The maximum absolute atomic E-state index is 9.43. The first-order valence-electron chi connectivity index (χ1n) is 4.59. The fourth-order valence-electron chi connectivity index (χ4n) is 1.48. The van der Waals surface area contributed by atoms with E-state index in [-0.39, 0.29) is 0 Å². The maximum atomic E-state index is 9.43. The normalized spacial score (nSPS) is 26.0. The highest BCUT2D eigenvalue weighted by Gasteiger charge is 2.15. The molecule has 0 spiro atoms. The Morgan fingerprint density at radius 1 is 0.929 bits per heavy atom. The van der Waals surface area contributed by atoms with Crippen LogP contribution >= 0.6 is 0 Å². The van der Waals surface area contributed by atoms with Gasteiger partial charge in [0.2, 0.25) is 0 Å². The first-order valence-corrected chi connectivity index (χ1v) is 4.59. The van der Waals surface area contributed by atoms with Gasteiger partial charge in [-0.15, -0.1) is 0 Å². The highest BCUT2D eigenvalue weighted by atomic mass is 16.3. The molecule has 72 valence electrons. The first kappa shape index (κ1) is 9.19. The molecule has 0 saturated carbocycles. The Balaban J connectivity index is 2.30. The van der Waals surface area contributed by atoms with Crippen molar-refractivity contribution in [2.75, 3.05) is 0 Å². The van der Waals surface area contributed by atoms with Crippen LogP contribution in [0.1, 0.15) is 5.56 Å². The lowest BCUT2D eigenvalue weighted by molar-refractivity contribution is 0.0799. The van der Waals surface area contributed by atoms with Crippen molar-refractivity contribution in [2.24, 2.45) is 0 Å². The zero-order chi connectivity index (χ0) is 9.97. The molecule has 0 aliphatic heterocycles. The van der Waals surface area contributed by atoms with E-state index in [1.165, 1.54) is 0 Å². The second-order valence-corrected chi connectivity index (χ2v) is 3.33. The van der Waals surface area contributed by atoms with Gasteiger partial charge in [-0.3, -0.25) is 0 Å². The van der Waals surface area contributed by atoms with Crippen LogP contribution in [0, 0.1) is 0 Å². The molecule has 1 aromatic carbocycles. The van der Waals surface area contributed by atoms with E-state index in [0.29, 0.717) is 0 Å².